The lowest BCUT2D eigenvalue weighted by atomic mass is 10.2. The second-order valence-electron chi connectivity index (χ2n) is 3.53. The van der Waals surface area contributed by atoms with Crippen LogP contribution in [0.1, 0.15) is 25.2 Å². The molecular formula is C11H15N5O. The largest absolute Gasteiger partial charge is 0.494 e. The number of anilines is 1. The zero-order valence-corrected chi connectivity index (χ0v) is 9.84. The van der Waals surface area contributed by atoms with Crippen LogP contribution in [0.3, 0.4) is 0 Å². The Morgan fingerprint density at radius 2 is 2.12 bits per heavy atom. The average molecular weight is 233 g/mol. The minimum absolute atomic E-state index is 0.0818. The van der Waals surface area contributed by atoms with Gasteiger partial charge in [0.15, 0.2) is 5.75 Å². The number of hydrogen-bond acceptors (Lipinski definition) is 5. The van der Waals surface area contributed by atoms with Crippen LogP contribution < -0.4 is 10.1 Å². The molecule has 0 aliphatic carbocycles. The molecule has 17 heavy (non-hydrogen) atoms. The monoisotopic (exact) mass is 233 g/mol. The van der Waals surface area contributed by atoms with E-state index in [2.05, 4.69) is 32.2 Å². The maximum atomic E-state index is 5.00. The number of imidazole rings is 1. The van der Waals surface area contributed by atoms with E-state index in [0.717, 1.165) is 12.2 Å². The van der Waals surface area contributed by atoms with Crippen molar-refractivity contribution in [3.63, 3.8) is 0 Å². The normalized spacial score (nSPS) is 12.1. The molecule has 0 aliphatic rings. The smallest absolute Gasteiger partial charge is 0.223 e. The highest BCUT2D eigenvalue weighted by Gasteiger charge is 2.12. The Morgan fingerprint density at radius 3 is 2.65 bits per heavy atom. The molecule has 0 aromatic carbocycles. The van der Waals surface area contributed by atoms with Crippen LogP contribution in [0.25, 0.3) is 0 Å². The van der Waals surface area contributed by atoms with Crippen LogP contribution in [0.15, 0.2) is 24.8 Å². The number of nitrogens with zero attached hydrogens (tertiary/aromatic N) is 3. The average Bonchev–Trinajstić information content (AvgIpc) is 2.90. The Labute approximate surface area is 99.5 Å². The number of ether oxygens (including phenoxy) is 1. The van der Waals surface area contributed by atoms with E-state index in [9.17, 15) is 0 Å². The Bertz CT molecular complexity index is 439. The summed E-state index contributed by atoms with van der Waals surface area (Å²) in [6, 6.07) is 0.0818. The van der Waals surface area contributed by atoms with Gasteiger partial charge < -0.3 is 15.0 Å². The number of aromatic nitrogens is 4. The van der Waals surface area contributed by atoms with Crippen LogP contribution in [0, 0.1) is 0 Å². The summed E-state index contributed by atoms with van der Waals surface area (Å²) in [6.07, 6.45) is 7.68. The summed E-state index contributed by atoms with van der Waals surface area (Å²) >= 11 is 0. The molecule has 0 amide bonds. The summed E-state index contributed by atoms with van der Waals surface area (Å²) < 4.78 is 5.00. The molecule has 0 aliphatic heterocycles. The predicted octanol–water partition coefficient (Wildman–Crippen LogP) is 1.77. The topological polar surface area (TPSA) is 75.7 Å². The van der Waals surface area contributed by atoms with Gasteiger partial charge >= 0.3 is 0 Å². The van der Waals surface area contributed by atoms with E-state index in [1.807, 2.05) is 0 Å². The summed E-state index contributed by atoms with van der Waals surface area (Å²) in [5, 5.41) is 3.21. The van der Waals surface area contributed by atoms with Gasteiger partial charge in [-0.3, -0.25) is 0 Å². The first-order valence-corrected chi connectivity index (χ1v) is 5.45. The van der Waals surface area contributed by atoms with E-state index in [-0.39, 0.29) is 6.04 Å². The van der Waals surface area contributed by atoms with Crippen molar-refractivity contribution in [3.8, 4) is 5.75 Å². The van der Waals surface area contributed by atoms with Crippen LogP contribution in [-0.2, 0) is 0 Å². The first kappa shape index (κ1) is 11.4. The van der Waals surface area contributed by atoms with Crippen LogP contribution in [0.2, 0.25) is 0 Å². The van der Waals surface area contributed by atoms with Crippen LogP contribution in [0.4, 0.5) is 5.95 Å². The van der Waals surface area contributed by atoms with Gasteiger partial charge in [0.05, 0.1) is 25.5 Å². The number of nitrogens with one attached hydrogen (secondary N) is 2. The fourth-order valence-electron chi connectivity index (χ4n) is 1.48. The molecule has 2 N–H and O–H groups in total. The third-order valence-electron chi connectivity index (χ3n) is 2.42. The van der Waals surface area contributed by atoms with Gasteiger partial charge in [0.25, 0.3) is 0 Å². The minimum atomic E-state index is 0.0818. The summed E-state index contributed by atoms with van der Waals surface area (Å²) in [6.45, 7) is 2.07. The molecule has 6 nitrogen and oxygen atoms in total. The summed E-state index contributed by atoms with van der Waals surface area (Å²) in [4.78, 5) is 15.6. The van der Waals surface area contributed by atoms with Crippen molar-refractivity contribution >= 4 is 5.95 Å². The summed E-state index contributed by atoms with van der Waals surface area (Å²) in [5.74, 6) is 2.09. The van der Waals surface area contributed by atoms with Gasteiger partial charge in [-0.05, 0) is 6.42 Å². The van der Waals surface area contributed by atoms with E-state index < -0.39 is 0 Å². The van der Waals surface area contributed by atoms with Gasteiger partial charge in [-0.25, -0.2) is 15.0 Å². The van der Waals surface area contributed by atoms with Gasteiger partial charge in [-0.1, -0.05) is 6.92 Å². The highest BCUT2D eigenvalue weighted by Crippen LogP contribution is 2.17. The van der Waals surface area contributed by atoms with E-state index >= 15 is 0 Å². The van der Waals surface area contributed by atoms with Crippen molar-refractivity contribution in [2.75, 3.05) is 12.4 Å². The molecule has 0 saturated heterocycles. The lowest BCUT2D eigenvalue weighted by molar-refractivity contribution is 0.411. The molecule has 2 aromatic rings. The first-order chi connectivity index (χ1) is 8.33. The maximum Gasteiger partial charge on any atom is 0.223 e. The Hall–Kier alpha value is -2.11. The van der Waals surface area contributed by atoms with E-state index in [1.165, 1.54) is 0 Å². The zero-order valence-electron chi connectivity index (χ0n) is 9.84. The molecule has 0 radical (unpaired) electrons. The molecule has 0 spiro atoms. The number of rotatable bonds is 5. The van der Waals surface area contributed by atoms with Crippen LogP contribution in [-0.4, -0.2) is 27.0 Å². The van der Waals surface area contributed by atoms with Crippen molar-refractivity contribution < 1.29 is 4.74 Å². The third kappa shape index (κ3) is 2.72. The molecule has 2 heterocycles. The molecule has 0 fully saturated rings. The summed E-state index contributed by atoms with van der Waals surface area (Å²) in [7, 11) is 1.59. The fraction of sp³-hybridized carbons (Fsp3) is 0.364. The lowest BCUT2D eigenvalue weighted by Crippen LogP contribution is -2.13. The molecule has 90 valence electrons. The molecule has 2 aromatic heterocycles. The van der Waals surface area contributed by atoms with Crippen LogP contribution in [0.5, 0.6) is 5.75 Å². The number of methoxy groups -OCH3 is 1. The lowest BCUT2D eigenvalue weighted by Gasteiger charge is -2.14. The van der Waals surface area contributed by atoms with E-state index in [4.69, 9.17) is 4.74 Å². The van der Waals surface area contributed by atoms with Crippen molar-refractivity contribution in [2.45, 2.75) is 19.4 Å². The molecule has 1 unspecified atom stereocenters. The van der Waals surface area contributed by atoms with E-state index in [0.29, 0.717) is 11.7 Å². The molecule has 6 heteroatoms. The van der Waals surface area contributed by atoms with Gasteiger partial charge in [0.2, 0.25) is 5.95 Å². The quantitative estimate of drug-likeness (QED) is 0.823. The Kier molecular flexibility index (Phi) is 3.54. The van der Waals surface area contributed by atoms with Crippen molar-refractivity contribution in [1.82, 2.24) is 19.9 Å². The first-order valence-electron chi connectivity index (χ1n) is 5.45. The minimum Gasteiger partial charge on any atom is -0.494 e. The van der Waals surface area contributed by atoms with Crippen molar-refractivity contribution in [2.24, 2.45) is 0 Å². The second kappa shape index (κ2) is 5.29. The van der Waals surface area contributed by atoms with Crippen molar-refractivity contribution in [3.05, 3.63) is 30.6 Å². The number of hydrogen-bond donors (Lipinski definition) is 2. The molecule has 0 bridgehead atoms. The number of H-pyrrole nitrogens is 1. The predicted molar refractivity (Wildman–Crippen MR) is 63.8 cm³/mol. The van der Waals surface area contributed by atoms with Gasteiger partial charge in [0, 0.05) is 12.4 Å². The highest BCUT2D eigenvalue weighted by molar-refractivity contribution is 5.29. The van der Waals surface area contributed by atoms with Gasteiger partial charge in [-0.2, -0.15) is 0 Å². The maximum absolute atomic E-state index is 5.00. The SMILES string of the molecule is CCC(Nc1ncc(OC)cn1)c1ncc[nH]1. The zero-order chi connectivity index (χ0) is 12.1. The third-order valence-corrected chi connectivity index (χ3v) is 2.42. The summed E-state index contributed by atoms with van der Waals surface area (Å²) in [5.41, 5.74) is 0. The Balaban J connectivity index is 2.07. The van der Waals surface area contributed by atoms with Crippen LogP contribution >= 0.6 is 0 Å². The van der Waals surface area contributed by atoms with Crippen molar-refractivity contribution in [1.29, 1.82) is 0 Å². The van der Waals surface area contributed by atoms with Gasteiger partial charge in [0.1, 0.15) is 5.82 Å². The van der Waals surface area contributed by atoms with Gasteiger partial charge in [-0.15, -0.1) is 0 Å². The molecular weight excluding hydrogens is 218 g/mol. The van der Waals surface area contributed by atoms with E-state index in [1.54, 1.807) is 31.9 Å². The highest BCUT2D eigenvalue weighted by atomic mass is 16.5. The molecule has 1 atom stereocenters. The second-order valence-corrected chi connectivity index (χ2v) is 3.53. The number of aromatic amines is 1. The Morgan fingerprint density at radius 1 is 1.35 bits per heavy atom. The standard InChI is InChI=1S/C11H15N5O/c1-3-9(10-12-4-5-13-10)16-11-14-6-8(17-2)7-15-11/h4-7,9H,3H2,1-2H3,(H,12,13)(H,14,15,16). The fourth-order valence-corrected chi connectivity index (χ4v) is 1.48. The molecule has 2 rings (SSSR count). The molecule has 0 saturated carbocycles.